The Morgan fingerprint density at radius 1 is 1.30 bits per heavy atom. The van der Waals surface area contributed by atoms with Gasteiger partial charge in [-0.3, -0.25) is 10.1 Å². The van der Waals surface area contributed by atoms with E-state index in [0.29, 0.717) is 16.3 Å². The van der Waals surface area contributed by atoms with Crippen LogP contribution in [0.1, 0.15) is 11.1 Å². The highest BCUT2D eigenvalue weighted by molar-refractivity contribution is 9.10. The SMILES string of the molecule is Cc1cc(Br)ccc1OCc1cc(Cl)ccc1[N+](=O)[O-]. The zero-order chi connectivity index (χ0) is 14.7. The number of halogens is 2. The predicted molar refractivity (Wildman–Crippen MR) is 81.3 cm³/mol. The normalized spacial score (nSPS) is 10.3. The highest BCUT2D eigenvalue weighted by Crippen LogP contribution is 2.26. The fraction of sp³-hybridized carbons (Fsp3) is 0.143. The van der Waals surface area contributed by atoms with E-state index >= 15 is 0 Å². The van der Waals surface area contributed by atoms with E-state index in [2.05, 4.69) is 15.9 Å². The summed E-state index contributed by atoms with van der Waals surface area (Å²) in [5, 5.41) is 11.4. The lowest BCUT2D eigenvalue weighted by atomic mass is 10.2. The fourth-order valence-corrected chi connectivity index (χ4v) is 2.45. The number of ether oxygens (including phenoxy) is 1. The van der Waals surface area contributed by atoms with Crippen LogP contribution in [0.3, 0.4) is 0 Å². The van der Waals surface area contributed by atoms with E-state index in [1.807, 2.05) is 25.1 Å². The Kier molecular flexibility index (Phi) is 4.62. The van der Waals surface area contributed by atoms with E-state index in [1.54, 1.807) is 6.07 Å². The molecule has 2 rings (SSSR count). The second kappa shape index (κ2) is 6.24. The molecule has 0 aromatic heterocycles. The standard InChI is InChI=1S/C14H11BrClNO3/c1-9-6-11(15)2-5-14(9)20-8-10-7-12(16)3-4-13(10)17(18)19/h2-7H,8H2,1H3. The summed E-state index contributed by atoms with van der Waals surface area (Å²) >= 11 is 9.24. The maximum atomic E-state index is 11.0. The van der Waals surface area contributed by atoms with Gasteiger partial charge in [0.05, 0.1) is 10.5 Å². The van der Waals surface area contributed by atoms with Gasteiger partial charge in [0.1, 0.15) is 12.4 Å². The van der Waals surface area contributed by atoms with Gasteiger partial charge in [-0.15, -0.1) is 0 Å². The van der Waals surface area contributed by atoms with Gasteiger partial charge in [-0.25, -0.2) is 0 Å². The number of nitro groups is 1. The number of nitrogens with zero attached hydrogens (tertiary/aromatic N) is 1. The summed E-state index contributed by atoms with van der Waals surface area (Å²) in [5.41, 5.74) is 1.40. The van der Waals surface area contributed by atoms with Crippen LogP contribution in [0, 0.1) is 17.0 Å². The fourth-order valence-electron chi connectivity index (χ4n) is 1.78. The Labute approximate surface area is 129 Å². The third kappa shape index (κ3) is 3.49. The zero-order valence-corrected chi connectivity index (χ0v) is 12.9. The minimum atomic E-state index is -0.441. The Balaban J connectivity index is 2.22. The Bertz CT molecular complexity index is 661. The predicted octanol–water partition coefficient (Wildman–Crippen LogP) is 4.90. The molecule has 0 spiro atoms. The van der Waals surface area contributed by atoms with Gasteiger partial charge in [0, 0.05) is 15.6 Å². The largest absolute Gasteiger partial charge is 0.488 e. The summed E-state index contributed by atoms with van der Waals surface area (Å²) in [4.78, 5) is 10.5. The summed E-state index contributed by atoms with van der Waals surface area (Å²) in [7, 11) is 0. The summed E-state index contributed by atoms with van der Waals surface area (Å²) in [6.45, 7) is 2.01. The highest BCUT2D eigenvalue weighted by atomic mass is 79.9. The molecule has 20 heavy (non-hydrogen) atoms. The van der Waals surface area contributed by atoms with Gasteiger partial charge in [-0.1, -0.05) is 27.5 Å². The third-order valence-electron chi connectivity index (χ3n) is 2.76. The molecule has 0 aliphatic carbocycles. The van der Waals surface area contributed by atoms with Gasteiger partial charge < -0.3 is 4.74 Å². The molecule has 0 aliphatic heterocycles. The van der Waals surface area contributed by atoms with E-state index in [4.69, 9.17) is 16.3 Å². The summed E-state index contributed by atoms with van der Waals surface area (Å²) in [6, 6.07) is 10.0. The molecule has 0 heterocycles. The number of nitro benzene ring substituents is 1. The maximum absolute atomic E-state index is 11.0. The van der Waals surface area contributed by atoms with Crippen molar-refractivity contribution in [1.29, 1.82) is 0 Å². The van der Waals surface area contributed by atoms with Crippen molar-refractivity contribution in [2.45, 2.75) is 13.5 Å². The van der Waals surface area contributed by atoms with Crippen LogP contribution in [0.25, 0.3) is 0 Å². The average molecular weight is 357 g/mol. The van der Waals surface area contributed by atoms with Gasteiger partial charge in [0.2, 0.25) is 0 Å². The number of hydrogen-bond acceptors (Lipinski definition) is 3. The van der Waals surface area contributed by atoms with Gasteiger partial charge in [-0.2, -0.15) is 0 Å². The first-order valence-electron chi connectivity index (χ1n) is 5.79. The Morgan fingerprint density at radius 2 is 2.05 bits per heavy atom. The molecule has 0 N–H and O–H groups in total. The van der Waals surface area contributed by atoms with Crippen LogP contribution in [0.15, 0.2) is 40.9 Å². The molecule has 0 saturated carbocycles. The molecule has 0 bridgehead atoms. The number of aryl methyl sites for hydroxylation is 1. The lowest BCUT2D eigenvalue weighted by Crippen LogP contribution is -2.01. The van der Waals surface area contributed by atoms with Gasteiger partial charge in [0.15, 0.2) is 0 Å². The third-order valence-corrected chi connectivity index (χ3v) is 3.49. The van der Waals surface area contributed by atoms with Gasteiger partial charge in [0.25, 0.3) is 5.69 Å². The first-order valence-corrected chi connectivity index (χ1v) is 6.96. The molecule has 6 heteroatoms. The van der Waals surface area contributed by atoms with Crippen molar-refractivity contribution in [3.8, 4) is 5.75 Å². The van der Waals surface area contributed by atoms with Crippen LogP contribution >= 0.6 is 27.5 Å². The number of benzene rings is 2. The molecule has 0 saturated heterocycles. The van der Waals surface area contributed by atoms with Gasteiger partial charge in [-0.05, 0) is 42.8 Å². The second-order valence-corrected chi connectivity index (χ2v) is 5.58. The van der Waals surface area contributed by atoms with Crippen molar-refractivity contribution in [3.63, 3.8) is 0 Å². The maximum Gasteiger partial charge on any atom is 0.276 e. The molecule has 0 unspecified atom stereocenters. The molecule has 0 aliphatic rings. The highest BCUT2D eigenvalue weighted by Gasteiger charge is 2.14. The average Bonchev–Trinajstić information content (AvgIpc) is 2.37. The summed E-state index contributed by atoms with van der Waals surface area (Å²) in [6.07, 6.45) is 0. The number of hydrogen-bond donors (Lipinski definition) is 0. The molecule has 0 atom stereocenters. The smallest absolute Gasteiger partial charge is 0.276 e. The molecule has 0 fully saturated rings. The molecular weight excluding hydrogens is 346 g/mol. The van der Waals surface area contributed by atoms with Crippen LogP contribution in [0.4, 0.5) is 5.69 Å². The second-order valence-electron chi connectivity index (χ2n) is 4.23. The van der Waals surface area contributed by atoms with Crippen molar-refractivity contribution in [3.05, 3.63) is 67.1 Å². The Morgan fingerprint density at radius 3 is 2.70 bits per heavy atom. The molecule has 0 amide bonds. The molecule has 2 aromatic carbocycles. The lowest BCUT2D eigenvalue weighted by molar-refractivity contribution is -0.385. The Hall–Kier alpha value is -1.59. The summed E-state index contributed by atoms with van der Waals surface area (Å²) < 4.78 is 6.59. The van der Waals surface area contributed by atoms with Crippen molar-refractivity contribution in [2.24, 2.45) is 0 Å². The first kappa shape index (κ1) is 14.8. The molecule has 104 valence electrons. The monoisotopic (exact) mass is 355 g/mol. The van der Waals surface area contributed by atoms with Crippen LogP contribution in [0.2, 0.25) is 5.02 Å². The lowest BCUT2D eigenvalue weighted by Gasteiger charge is -2.10. The van der Waals surface area contributed by atoms with Crippen molar-refractivity contribution in [1.82, 2.24) is 0 Å². The van der Waals surface area contributed by atoms with E-state index < -0.39 is 4.92 Å². The van der Waals surface area contributed by atoms with Crippen LogP contribution in [0.5, 0.6) is 5.75 Å². The molecule has 4 nitrogen and oxygen atoms in total. The summed E-state index contributed by atoms with van der Waals surface area (Å²) in [5.74, 6) is 0.683. The van der Waals surface area contributed by atoms with E-state index in [9.17, 15) is 10.1 Å². The molecule has 2 aromatic rings. The molecular formula is C14H11BrClNO3. The van der Waals surface area contributed by atoms with Crippen LogP contribution in [-0.4, -0.2) is 4.92 Å². The van der Waals surface area contributed by atoms with Crippen molar-refractivity contribution in [2.75, 3.05) is 0 Å². The van der Waals surface area contributed by atoms with E-state index in [0.717, 1.165) is 10.0 Å². The zero-order valence-electron chi connectivity index (χ0n) is 10.6. The first-order chi connectivity index (χ1) is 9.47. The van der Waals surface area contributed by atoms with Crippen molar-refractivity contribution < 1.29 is 9.66 Å². The number of rotatable bonds is 4. The van der Waals surface area contributed by atoms with E-state index in [1.165, 1.54) is 12.1 Å². The van der Waals surface area contributed by atoms with Crippen LogP contribution in [-0.2, 0) is 6.61 Å². The minimum Gasteiger partial charge on any atom is -0.488 e. The topological polar surface area (TPSA) is 52.4 Å². The molecule has 0 radical (unpaired) electrons. The van der Waals surface area contributed by atoms with Gasteiger partial charge >= 0.3 is 0 Å². The van der Waals surface area contributed by atoms with Crippen LogP contribution < -0.4 is 4.74 Å². The van der Waals surface area contributed by atoms with Crippen molar-refractivity contribution >= 4 is 33.2 Å². The van der Waals surface area contributed by atoms with E-state index in [-0.39, 0.29) is 12.3 Å². The quantitative estimate of drug-likeness (QED) is 0.578. The minimum absolute atomic E-state index is 0.00386.